The fraction of sp³-hybridized carbons (Fsp3) is 0.227. The minimum atomic E-state index is -0.479. The van der Waals surface area contributed by atoms with Crippen molar-refractivity contribution in [2.45, 2.75) is 30.8 Å². The first-order chi connectivity index (χ1) is 14.9. The lowest BCUT2D eigenvalue weighted by molar-refractivity contribution is -0.385. The zero-order valence-electron chi connectivity index (χ0n) is 16.8. The highest BCUT2D eigenvalue weighted by atomic mass is 32.2. The number of nitro benzene ring substituents is 1. The molecule has 0 bridgehead atoms. The van der Waals surface area contributed by atoms with Gasteiger partial charge in [0.2, 0.25) is 5.91 Å². The summed E-state index contributed by atoms with van der Waals surface area (Å²) in [4.78, 5) is 40.2. The van der Waals surface area contributed by atoms with E-state index in [4.69, 9.17) is 0 Å². The molecule has 31 heavy (non-hydrogen) atoms. The fourth-order valence-electron chi connectivity index (χ4n) is 3.12. The number of hydrogen-bond donors (Lipinski definition) is 2. The molecule has 4 rings (SSSR count). The Morgan fingerprint density at radius 3 is 2.71 bits per heavy atom. The van der Waals surface area contributed by atoms with Gasteiger partial charge in [-0.2, -0.15) is 0 Å². The number of nitrogens with zero attached hydrogens (tertiary/aromatic N) is 2. The van der Waals surface area contributed by atoms with Gasteiger partial charge in [0, 0.05) is 28.7 Å². The molecule has 2 amide bonds. The number of carbonyl (C=O) groups is 2. The van der Waals surface area contributed by atoms with Crippen LogP contribution in [0.4, 0.5) is 11.4 Å². The molecule has 1 aliphatic carbocycles. The summed E-state index contributed by atoms with van der Waals surface area (Å²) in [5, 5.41) is 18.1. The SMILES string of the molecule is Cc1ccc(NC(=O)CSc2cc(C(=O)NC3CC3)c3ccccc3n2)cc1[N+](=O)[O-]. The molecule has 1 fully saturated rings. The van der Waals surface area contributed by atoms with Crippen LogP contribution in [0.2, 0.25) is 0 Å². The Morgan fingerprint density at radius 2 is 1.97 bits per heavy atom. The summed E-state index contributed by atoms with van der Waals surface area (Å²) in [6.07, 6.45) is 1.99. The van der Waals surface area contributed by atoms with Crippen LogP contribution in [0.3, 0.4) is 0 Å². The molecule has 0 radical (unpaired) electrons. The van der Waals surface area contributed by atoms with Crippen LogP contribution >= 0.6 is 11.8 Å². The number of rotatable bonds is 7. The molecule has 0 aliphatic heterocycles. The van der Waals surface area contributed by atoms with Crippen LogP contribution in [0.1, 0.15) is 28.8 Å². The van der Waals surface area contributed by atoms with E-state index in [9.17, 15) is 19.7 Å². The second kappa shape index (κ2) is 8.73. The molecule has 3 aromatic rings. The lowest BCUT2D eigenvalue weighted by atomic mass is 10.1. The molecule has 0 saturated heterocycles. The zero-order chi connectivity index (χ0) is 22.0. The number of anilines is 1. The summed E-state index contributed by atoms with van der Waals surface area (Å²) in [6.45, 7) is 1.64. The maximum absolute atomic E-state index is 12.7. The van der Waals surface area contributed by atoms with Crippen LogP contribution in [0.15, 0.2) is 53.6 Å². The molecule has 2 N–H and O–H groups in total. The summed E-state index contributed by atoms with van der Waals surface area (Å²) in [6, 6.07) is 13.9. The molecule has 0 atom stereocenters. The van der Waals surface area contributed by atoms with Crippen LogP contribution in [0, 0.1) is 17.0 Å². The molecular formula is C22H20N4O4S. The number of nitrogens with one attached hydrogen (secondary N) is 2. The molecule has 8 nitrogen and oxygen atoms in total. The van der Waals surface area contributed by atoms with E-state index in [-0.39, 0.29) is 29.3 Å². The maximum Gasteiger partial charge on any atom is 0.274 e. The van der Waals surface area contributed by atoms with Crippen molar-refractivity contribution >= 4 is 45.9 Å². The molecule has 0 unspecified atom stereocenters. The van der Waals surface area contributed by atoms with Crippen LogP contribution in [0.25, 0.3) is 10.9 Å². The fourth-order valence-corrected chi connectivity index (χ4v) is 3.84. The van der Waals surface area contributed by atoms with E-state index in [0.29, 0.717) is 27.4 Å². The van der Waals surface area contributed by atoms with Gasteiger partial charge in [0.25, 0.3) is 11.6 Å². The predicted molar refractivity (Wildman–Crippen MR) is 119 cm³/mol. The van der Waals surface area contributed by atoms with E-state index in [1.807, 2.05) is 24.3 Å². The van der Waals surface area contributed by atoms with Crippen LogP contribution in [0.5, 0.6) is 0 Å². The standard InChI is InChI=1S/C22H20N4O4S/c1-13-6-7-15(10-19(13)26(29)30)23-20(27)12-31-21-11-17(22(28)24-14-8-9-14)16-4-2-3-5-18(16)25-21/h2-7,10-11,14H,8-9,12H2,1H3,(H,23,27)(H,24,28). The Hall–Kier alpha value is -3.46. The first-order valence-corrected chi connectivity index (χ1v) is 10.8. The molecule has 0 spiro atoms. The Kier molecular flexibility index (Phi) is 5.85. The number of benzene rings is 2. The highest BCUT2D eigenvalue weighted by molar-refractivity contribution is 7.99. The van der Waals surface area contributed by atoms with Crippen molar-refractivity contribution in [3.63, 3.8) is 0 Å². The molecule has 2 aromatic carbocycles. The maximum atomic E-state index is 12.7. The van der Waals surface area contributed by atoms with Crippen LogP contribution < -0.4 is 10.6 Å². The average molecular weight is 436 g/mol. The largest absolute Gasteiger partial charge is 0.349 e. The van der Waals surface area contributed by atoms with Crippen molar-refractivity contribution in [3.05, 3.63) is 69.8 Å². The number of aromatic nitrogens is 1. The molecule has 1 aromatic heterocycles. The molecule has 1 saturated carbocycles. The lowest BCUT2D eigenvalue weighted by Gasteiger charge is -2.10. The number of aryl methyl sites for hydroxylation is 1. The van der Waals surface area contributed by atoms with E-state index < -0.39 is 4.92 Å². The molecule has 1 heterocycles. The zero-order valence-corrected chi connectivity index (χ0v) is 17.6. The van der Waals surface area contributed by atoms with Crippen molar-refractivity contribution in [2.75, 3.05) is 11.1 Å². The lowest BCUT2D eigenvalue weighted by Crippen LogP contribution is -2.25. The van der Waals surface area contributed by atoms with Gasteiger partial charge in [0.15, 0.2) is 0 Å². The second-order valence-corrected chi connectivity index (χ2v) is 8.36. The minimum absolute atomic E-state index is 0.0482. The van der Waals surface area contributed by atoms with Crippen LogP contribution in [-0.4, -0.2) is 33.5 Å². The highest BCUT2D eigenvalue weighted by Gasteiger charge is 2.25. The van der Waals surface area contributed by atoms with Gasteiger partial charge in [0.1, 0.15) is 0 Å². The number of para-hydroxylation sites is 1. The average Bonchev–Trinajstić information content (AvgIpc) is 3.56. The van der Waals surface area contributed by atoms with Gasteiger partial charge in [-0.15, -0.1) is 0 Å². The molecule has 158 valence electrons. The number of amides is 2. The van der Waals surface area contributed by atoms with Gasteiger partial charge in [0.05, 0.1) is 26.8 Å². The third-order valence-corrected chi connectivity index (χ3v) is 5.80. The predicted octanol–water partition coefficient (Wildman–Crippen LogP) is 4.07. The quantitative estimate of drug-likeness (QED) is 0.328. The van der Waals surface area contributed by atoms with E-state index in [2.05, 4.69) is 15.6 Å². The summed E-state index contributed by atoms with van der Waals surface area (Å²) >= 11 is 1.21. The van der Waals surface area contributed by atoms with Crippen molar-refractivity contribution in [1.29, 1.82) is 0 Å². The normalized spacial score (nSPS) is 13.1. The molecule has 1 aliphatic rings. The van der Waals surface area contributed by atoms with Gasteiger partial charge in [-0.3, -0.25) is 19.7 Å². The van der Waals surface area contributed by atoms with Crippen molar-refractivity contribution in [1.82, 2.24) is 10.3 Å². The Balaban J connectivity index is 1.48. The number of hydrogen-bond acceptors (Lipinski definition) is 6. The second-order valence-electron chi connectivity index (χ2n) is 7.37. The summed E-state index contributed by atoms with van der Waals surface area (Å²) in [7, 11) is 0. The molecule has 9 heteroatoms. The monoisotopic (exact) mass is 436 g/mol. The van der Waals surface area contributed by atoms with Gasteiger partial charge in [-0.25, -0.2) is 4.98 Å². The topological polar surface area (TPSA) is 114 Å². The molecular weight excluding hydrogens is 416 g/mol. The summed E-state index contributed by atoms with van der Waals surface area (Å²) in [5.74, 6) is -0.405. The van der Waals surface area contributed by atoms with Crippen molar-refractivity contribution < 1.29 is 14.5 Å². The number of fused-ring (bicyclic) bond motifs is 1. The van der Waals surface area contributed by atoms with Crippen LogP contribution in [-0.2, 0) is 4.79 Å². The van der Waals surface area contributed by atoms with E-state index >= 15 is 0 Å². The number of nitro groups is 1. The van der Waals surface area contributed by atoms with Gasteiger partial charge >= 0.3 is 0 Å². The Bertz CT molecular complexity index is 1190. The third-order valence-electron chi connectivity index (χ3n) is 4.89. The van der Waals surface area contributed by atoms with Gasteiger partial charge in [-0.1, -0.05) is 36.0 Å². The van der Waals surface area contributed by atoms with E-state index in [1.165, 1.54) is 17.8 Å². The van der Waals surface area contributed by atoms with E-state index in [0.717, 1.165) is 18.2 Å². The van der Waals surface area contributed by atoms with Crippen molar-refractivity contribution in [2.24, 2.45) is 0 Å². The smallest absolute Gasteiger partial charge is 0.274 e. The number of thioether (sulfide) groups is 1. The minimum Gasteiger partial charge on any atom is -0.349 e. The highest BCUT2D eigenvalue weighted by Crippen LogP contribution is 2.27. The Labute approximate surface area is 182 Å². The van der Waals surface area contributed by atoms with Gasteiger partial charge in [-0.05, 0) is 38.0 Å². The summed E-state index contributed by atoms with van der Waals surface area (Å²) in [5.41, 5.74) is 2.05. The van der Waals surface area contributed by atoms with Gasteiger partial charge < -0.3 is 10.6 Å². The van der Waals surface area contributed by atoms with E-state index in [1.54, 1.807) is 25.1 Å². The number of carbonyl (C=O) groups excluding carboxylic acids is 2. The van der Waals surface area contributed by atoms with Crippen molar-refractivity contribution in [3.8, 4) is 0 Å². The Morgan fingerprint density at radius 1 is 1.19 bits per heavy atom. The summed E-state index contributed by atoms with van der Waals surface area (Å²) < 4.78 is 0. The third kappa shape index (κ3) is 5.00. The number of pyridine rings is 1. The first kappa shape index (κ1) is 20.8. The first-order valence-electron chi connectivity index (χ1n) is 9.79.